The summed E-state index contributed by atoms with van der Waals surface area (Å²) in [5.74, 6) is 0.922. The average Bonchev–Trinajstić information content (AvgIpc) is 3.20. The zero-order chi connectivity index (χ0) is 16.4. The Bertz CT molecular complexity index is 544. The molecule has 0 aliphatic carbocycles. The van der Waals surface area contributed by atoms with Gasteiger partial charge in [0.1, 0.15) is 0 Å². The smallest absolute Gasteiger partial charge is 0.0426 e. The summed E-state index contributed by atoms with van der Waals surface area (Å²) in [7, 11) is 0. The van der Waals surface area contributed by atoms with Crippen LogP contribution in [0, 0.1) is 5.92 Å². The van der Waals surface area contributed by atoms with Gasteiger partial charge in [-0.1, -0.05) is 17.7 Å². The monoisotopic (exact) mass is 348 g/mol. The highest BCUT2D eigenvalue weighted by Crippen LogP contribution is 2.27. The summed E-state index contributed by atoms with van der Waals surface area (Å²) >= 11 is 6.12. The van der Waals surface area contributed by atoms with E-state index in [-0.39, 0.29) is 0 Å². The first-order chi connectivity index (χ1) is 11.8. The minimum Gasteiger partial charge on any atom is -0.369 e. The summed E-state index contributed by atoms with van der Waals surface area (Å²) in [5.41, 5.74) is 1.26. The first-order valence-corrected chi connectivity index (χ1v) is 9.85. The molecule has 1 aromatic rings. The van der Waals surface area contributed by atoms with E-state index in [1.54, 1.807) is 0 Å². The number of piperazine rings is 1. The highest BCUT2D eigenvalue weighted by Gasteiger charge is 2.36. The van der Waals surface area contributed by atoms with Gasteiger partial charge in [-0.2, -0.15) is 0 Å². The number of nitrogens with one attached hydrogen (secondary N) is 1. The van der Waals surface area contributed by atoms with Gasteiger partial charge in [-0.15, -0.1) is 0 Å². The first kappa shape index (κ1) is 16.6. The van der Waals surface area contributed by atoms with E-state index in [4.69, 9.17) is 11.6 Å². The van der Waals surface area contributed by atoms with E-state index in [1.807, 2.05) is 12.1 Å². The lowest BCUT2D eigenvalue weighted by Gasteiger charge is -2.36. The number of likely N-dealkylation sites (tertiary alicyclic amines) is 1. The second-order valence-electron chi connectivity index (χ2n) is 7.47. The van der Waals surface area contributed by atoms with Crippen molar-refractivity contribution in [3.63, 3.8) is 0 Å². The van der Waals surface area contributed by atoms with E-state index in [2.05, 4.69) is 32.1 Å². The Balaban J connectivity index is 1.18. The summed E-state index contributed by atoms with van der Waals surface area (Å²) in [6.45, 7) is 10.8. The van der Waals surface area contributed by atoms with Crippen LogP contribution in [0.3, 0.4) is 0 Å². The molecule has 0 bridgehead atoms. The Morgan fingerprint density at radius 1 is 1.04 bits per heavy atom. The number of hydrogen-bond donors (Lipinski definition) is 1. The van der Waals surface area contributed by atoms with Crippen molar-refractivity contribution in [3.05, 3.63) is 29.3 Å². The molecule has 3 aliphatic rings. The third-order valence-corrected chi connectivity index (χ3v) is 6.26. The van der Waals surface area contributed by atoms with Crippen molar-refractivity contribution in [2.45, 2.75) is 18.9 Å². The molecule has 3 saturated heterocycles. The summed E-state index contributed by atoms with van der Waals surface area (Å²) in [5, 5.41) is 4.38. The average molecular weight is 349 g/mol. The van der Waals surface area contributed by atoms with Crippen LogP contribution in [0.5, 0.6) is 0 Å². The zero-order valence-electron chi connectivity index (χ0n) is 14.5. The fourth-order valence-corrected chi connectivity index (χ4v) is 4.80. The topological polar surface area (TPSA) is 21.8 Å². The molecule has 0 spiro atoms. The molecule has 3 aliphatic heterocycles. The molecule has 2 atom stereocenters. The van der Waals surface area contributed by atoms with Crippen LogP contribution in [-0.2, 0) is 0 Å². The minimum atomic E-state index is 0.824. The predicted octanol–water partition coefficient (Wildman–Crippen LogP) is 2.15. The highest BCUT2D eigenvalue weighted by molar-refractivity contribution is 6.30. The normalized spacial score (nSPS) is 28.5. The van der Waals surface area contributed by atoms with E-state index in [0.29, 0.717) is 0 Å². The maximum absolute atomic E-state index is 6.12. The SMILES string of the molecule is Clc1cccc(N2CCN(CCCN3CC[C@@H]4CNC[C@@H]43)CC2)c1. The summed E-state index contributed by atoms with van der Waals surface area (Å²) < 4.78 is 0. The predicted molar refractivity (Wildman–Crippen MR) is 101 cm³/mol. The third kappa shape index (κ3) is 3.72. The number of rotatable bonds is 5. The number of nitrogens with zero attached hydrogens (tertiary/aromatic N) is 3. The van der Waals surface area contributed by atoms with Crippen LogP contribution in [0.4, 0.5) is 5.69 Å². The van der Waals surface area contributed by atoms with Gasteiger partial charge in [-0.25, -0.2) is 0 Å². The lowest BCUT2D eigenvalue weighted by Crippen LogP contribution is -2.47. The Kier molecular flexibility index (Phi) is 5.28. The number of halogens is 1. The molecule has 132 valence electrons. The van der Waals surface area contributed by atoms with E-state index < -0.39 is 0 Å². The Morgan fingerprint density at radius 3 is 2.75 bits per heavy atom. The van der Waals surface area contributed by atoms with Crippen molar-refractivity contribution in [3.8, 4) is 0 Å². The lowest BCUT2D eigenvalue weighted by atomic mass is 10.1. The molecule has 4 nitrogen and oxygen atoms in total. The van der Waals surface area contributed by atoms with Gasteiger partial charge in [0.05, 0.1) is 0 Å². The molecule has 4 rings (SSSR count). The maximum Gasteiger partial charge on any atom is 0.0426 e. The molecule has 3 fully saturated rings. The molecular formula is C19H29ClN4. The van der Waals surface area contributed by atoms with E-state index >= 15 is 0 Å². The lowest BCUT2D eigenvalue weighted by molar-refractivity contribution is 0.209. The number of anilines is 1. The molecule has 0 radical (unpaired) electrons. The van der Waals surface area contributed by atoms with Crippen molar-refractivity contribution in [1.29, 1.82) is 0 Å². The van der Waals surface area contributed by atoms with Gasteiger partial charge in [-0.3, -0.25) is 9.80 Å². The molecule has 24 heavy (non-hydrogen) atoms. The van der Waals surface area contributed by atoms with Crippen LogP contribution in [0.1, 0.15) is 12.8 Å². The second kappa shape index (κ2) is 7.61. The Morgan fingerprint density at radius 2 is 1.92 bits per heavy atom. The van der Waals surface area contributed by atoms with Gasteiger partial charge >= 0.3 is 0 Å². The quantitative estimate of drug-likeness (QED) is 0.880. The van der Waals surface area contributed by atoms with Crippen molar-refractivity contribution in [2.75, 3.05) is 63.8 Å². The number of fused-ring (bicyclic) bond motifs is 1. The van der Waals surface area contributed by atoms with Crippen LogP contribution in [0.25, 0.3) is 0 Å². The molecule has 0 unspecified atom stereocenters. The van der Waals surface area contributed by atoms with E-state index in [0.717, 1.165) is 30.1 Å². The fourth-order valence-electron chi connectivity index (χ4n) is 4.62. The fraction of sp³-hybridized carbons (Fsp3) is 0.684. The molecule has 1 aromatic carbocycles. The zero-order valence-corrected chi connectivity index (χ0v) is 15.2. The van der Waals surface area contributed by atoms with Gasteiger partial charge in [0.25, 0.3) is 0 Å². The molecule has 0 aromatic heterocycles. The standard InChI is InChI=1S/C19H29ClN4/c20-17-3-1-4-18(13-17)23-11-9-22(10-12-23)6-2-7-24-8-5-16-14-21-15-19(16)24/h1,3-4,13,16,19,21H,2,5-12,14-15H2/t16-,19+/m1/s1. The van der Waals surface area contributed by atoms with Crippen molar-refractivity contribution < 1.29 is 0 Å². The summed E-state index contributed by atoms with van der Waals surface area (Å²) in [6.07, 6.45) is 2.70. The first-order valence-electron chi connectivity index (χ1n) is 9.47. The van der Waals surface area contributed by atoms with Crippen LogP contribution in [0.15, 0.2) is 24.3 Å². The van der Waals surface area contributed by atoms with E-state index in [9.17, 15) is 0 Å². The molecule has 0 saturated carbocycles. The van der Waals surface area contributed by atoms with Crippen molar-refractivity contribution in [2.24, 2.45) is 5.92 Å². The van der Waals surface area contributed by atoms with Crippen molar-refractivity contribution >= 4 is 17.3 Å². The Hall–Kier alpha value is -0.810. The minimum absolute atomic E-state index is 0.824. The molecular weight excluding hydrogens is 320 g/mol. The highest BCUT2D eigenvalue weighted by atomic mass is 35.5. The molecule has 1 N–H and O–H groups in total. The molecule has 0 amide bonds. The summed E-state index contributed by atoms with van der Waals surface area (Å²) in [4.78, 5) is 7.81. The molecule has 3 heterocycles. The maximum atomic E-state index is 6.12. The van der Waals surface area contributed by atoms with Gasteiger partial charge < -0.3 is 10.2 Å². The van der Waals surface area contributed by atoms with Crippen LogP contribution >= 0.6 is 11.6 Å². The van der Waals surface area contributed by atoms with Crippen LogP contribution in [0.2, 0.25) is 5.02 Å². The van der Waals surface area contributed by atoms with E-state index in [1.165, 1.54) is 64.3 Å². The van der Waals surface area contributed by atoms with Gasteiger partial charge in [-0.05, 0) is 63.1 Å². The number of benzene rings is 1. The third-order valence-electron chi connectivity index (χ3n) is 6.03. The second-order valence-corrected chi connectivity index (χ2v) is 7.91. The Labute approximate surface area is 150 Å². The van der Waals surface area contributed by atoms with Gasteiger partial charge in [0, 0.05) is 49.5 Å². The van der Waals surface area contributed by atoms with Gasteiger partial charge in [0.15, 0.2) is 0 Å². The van der Waals surface area contributed by atoms with Crippen molar-refractivity contribution in [1.82, 2.24) is 15.1 Å². The number of hydrogen-bond acceptors (Lipinski definition) is 4. The molecule has 5 heteroatoms. The summed E-state index contributed by atoms with van der Waals surface area (Å²) in [6, 6.07) is 9.07. The van der Waals surface area contributed by atoms with Crippen LogP contribution in [-0.4, -0.2) is 74.7 Å². The largest absolute Gasteiger partial charge is 0.369 e. The van der Waals surface area contributed by atoms with Gasteiger partial charge in [0.2, 0.25) is 0 Å². The van der Waals surface area contributed by atoms with Crippen LogP contribution < -0.4 is 10.2 Å².